The number of nitrogens with zero attached hydrogens (tertiary/aromatic N) is 2. The maximum absolute atomic E-state index is 13.2. The number of hydrogen-bond donors (Lipinski definition) is 0. The molecule has 0 radical (unpaired) electrons. The summed E-state index contributed by atoms with van der Waals surface area (Å²) in [6.45, 7) is 3.07. The van der Waals surface area contributed by atoms with E-state index in [1.807, 2.05) is 11.8 Å². The van der Waals surface area contributed by atoms with Gasteiger partial charge in [-0.15, -0.1) is 0 Å². The van der Waals surface area contributed by atoms with Crippen molar-refractivity contribution in [3.63, 3.8) is 0 Å². The Morgan fingerprint density at radius 1 is 1.25 bits per heavy atom. The lowest BCUT2D eigenvalue weighted by atomic mass is 9.85. The van der Waals surface area contributed by atoms with E-state index in [9.17, 15) is 14.0 Å². The van der Waals surface area contributed by atoms with Crippen molar-refractivity contribution in [2.45, 2.75) is 37.8 Å². The van der Waals surface area contributed by atoms with Gasteiger partial charge in [0.25, 0.3) is 5.91 Å². The minimum atomic E-state index is -0.592. The Bertz CT molecular complexity index is 673. The van der Waals surface area contributed by atoms with Crippen LogP contribution in [0.1, 0.15) is 26.2 Å². The number of morpholine rings is 1. The normalized spacial score (nSPS) is 30.2. The number of piperidine rings is 1. The second-order valence-corrected chi connectivity index (χ2v) is 7.18. The predicted octanol–water partition coefficient (Wildman–Crippen LogP) is 1.96. The molecule has 5 nitrogen and oxygen atoms in total. The van der Waals surface area contributed by atoms with Gasteiger partial charge in [0.05, 0.1) is 12.6 Å². The lowest BCUT2D eigenvalue weighted by Gasteiger charge is -2.52. The van der Waals surface area contributed by atoms with Gasteiger partial charge in [-0.2, -0.15) is 0 Å². The van der Waals surface area contributed by atoms with Crippen molar-refractivity contribution in [2.24, 2.45) is 5.92 Å². The number of benzene rings is 1. The highest BCUT2D eigenvalue weighted by Gasteiger charge is 2.51. The first-order valence-corrected chi connectivity index (χ1v) is 8.48. The molecule has 3 fully saturated rings. The topological polar surface area (TPSA) is 49.9 Å². The maximum atomic E-state index is 13.2. The largest absolute Gasteiger partial charge is 0.361 e. The Balaban J connectivity index is 1.59. The van der Waals surface area contributed by atoms with Crippen molar-refractivity contribution in [3.8, 4) is 0 Å². The van der Waals surface area contributed by atoms with E-state index in [4.69, 9.17) is 4.74 Å². The Labute approximate surface area is 140 Å². The van der Waals surface area contributed by atoms with Crippen molar-refractivity contribution in [3.05, 3.63) is 30.1 Å². The number of likely N-dealkylation sites (tertiary alicyclic amines) is 1. The van der Waals surface area contributed by atoms with Crippen molar-refractivity contribution < 1.29 is 18.7 Å². The van der Waals surface area contributed by atoms with Gasteiger partial charge in [0, 0.05) is 18.2 Å². The summed E-state index contributed by atoms with van der Waals surface area (Å²) in [4.78, 5) is 28.4. The van der Waals surface area contributed by atoms with E-state index >= 15 is 0 Å². The number of rotatable bonds is 2. The van der Waals surface area contributed by atoms with Gasteiger partial charge in [0.2, 0.25) is 5.91 Å². The van der Waals surface area contributed by atoms with Gasteiger partial charge in [0.1, 0.15) is 18.0 Å². The molecule has 0 spiro atoms. The molecular formula is C18H21FN2O3. The molecule has 24 heavy (non-hydrogen) atoms. The highest BCUT2D eigenvalue weighted by atomic mass is 19.1. The molecule has 1 aliphatic carbocycles. The Hall–Kier alpha value is -1.95. The van der Waals surface area contributed by atoms with E-state index in [-0.39, 0.29) is 36.2 Å². The third kappa shape index (κ3) is 2.59. The lowest BCUT2D eigenvalue weighted by Crippen LogP contribution is -2.68. The molecule has 0 unspecified atom stereocenters. The fourth-order valence-electron chi connectivity index (χ4n) is 3.86. The van der Waals surface area contributed by atoms with Gasteiger partial charge in [-0.05, 0) is 50.5 Å². The molecule has 1 aromatic carbocycles. The van der Waals surface area contributed by atoms with Gasteiger partial charge < -0.3 is 14.5 Å². The minimum absolute atomic E-state index is 0.0180. The van der Waals surface area contributed by atoms with Crippen LogP contribution in [0.15, 0.2) is 24.3 Å². The predicted molar refractivity (Wildman–Crippen MR) is 86.0 cm³/mol. The quantitative estimate of drug-likeness (QED) is 0.832. The molecule has 2 aliphatic heterocycles. The maximum Gasteiger partial charge on any atom is 0.253 e. The van der Waals surface area contributed by atoms with E-state index in [1.54, 1.807) is 17.0 Å². The van der Waals surface area contributed by atoms with Crippen molar-refractivity contribution in [2.75, 3.05) is 24.6 Å². The van der Waals surface area contributed by atoms with Crippen LogP contribution in [0.5, 0.6) is 0 Å². The third-order valence-corrected chi connectivity index (χ3v) is 5.33. The molecule has 1 aromatic rings. The first kappa shape index (κ1) is 15.6. The number of halogens is 1. The first-order chi connectivity index (χ1) is 11.5. The SMILES string of the molecule is C[C@@]12CN(C(=O)C3CC3)CC[C@H]1N(c1ccc(F)cc1)C(=O)CO2. The van der Waals surface area contributed by atoms with E-state index in [1.165, 1.54) is 12.1 Å². The zero-order valence-electron chi connectivity index (χ0n) is 13.7. The van der Waals surface area contributed by atoms with Crippen molar-refractivity contribution in [1.82, 2.24) is 4.90 Å². The number of ether oxygens (including phenoxy) is 1. The van der Waals surface area contributed by atoms with Crippen LogP contribution in [0, 0.1) is 11.7 Å². The summed E-state index contributed by atoms with van der Waals surface area (Å²) >= 11 is 0. The molecule has 2 atom stereocenters. The van der Waals surface area contributed by atoms with E-state index in [2.05, 4.69) is 0 Å². The molecule has 2 heterocycles. The number of anilines is 1. The van der Waals surface area contributed by atoms with E-state index in [0.29, 0.717) is 25.2 Å². The van der Waals surface area contributed by atoms with Gasteiger partial charge in [-0.1, -0.05) is 0 Å². The van der Waals surface area contributed by atoms with Crippen molar-refractivity contribution in [1.29, 1.82) is 0 Å². The third-order valence-electron chi connectivity index (χ3n) is 5.33. The fourth-order valence-corrected chi connectivity index (χ4v) is 3.86. The Morgan fingerprint density at radius 3 is 2.62 bits per heavy atom. The first-order valence-electron chi connectivity index (χ1n) is 8.48. The fraction of sp³-hybridized carbons (Fsp3) is 0.556. The summed E-state index contributed by atoms with van der Waals surface area (Å²) in [5.41, 5.74) is 0.0911. The second kappa shape index (κ2) is 5.55. The van der Waals surface area contributed by atoms with Crippen LogP contribution in [-0.4, -0.2) is 48.1 Å². The number of fused-ring (bicyclic) bond motifs is 1. The molecule has 4 rings (SSSR count). The standard InChI is InChI=1S/C18H21FN2O3/c1-18-11-20(17(23)12-2-3-12)9-8-15(18)21(16(22)10-24-18)14-6-4-13(19)5-7-14/h4-7,12,15H,2-3,8-11H2,1H3/t15-,18-/m1/s1. The average molecular weight is 332 g/mol. The average Bonchev–Trinajstić information content (AvgIpc) is 3.40. The van der Waals surface area contributed by atoms with Crippen LogP contribution in [0.25, 0.3) is 0 Å². The number of amides is 2. The molecule has 0 N–H and O–H groups in total. The summed E-state index contributed by atoms with van der Waals surface area (Å²) in [6, 6.07) is 5.83. The highest BCUT2D eigenvalue weighted by Crippen LogP contribution is 2.38. The highest BCUT2D eigenvalue weighted by molar-refractivity contribution is 5.96. The second-order valence-electron chi connectivity index (χ2n) is 7.18. The van der Waals surface area contributed by atoms with Crippen molar-refractivity contribution >= 4 is 17.5 Å². The molecule has 0 aromatic heterocycles. The monoisotopic (exact) mass is 332 g/mol. The lowest BCUT2D eigenvalue weighted by molar-refractivity contribution is -0.158. The molecule has 2 saturated heterocycles. The summed E-state index contributed by atoms with van der Waals surface area (Å²) in [5, 5.41) is 0. The van der Waals surface area contributed by atoms with Crippen LogP contribution < -0.4 is 4.90 Å². The van der Waals surface area contributed by atoms with Crippen LogP contribution in [0.2, 0.25) is 0 Å². The van der Waals surface area contributed by atoms with E-state index in [0.717, 1.165) is 12.8 Å². The molecule has 128 valence electrons. The summed E-state index contributed by atoms with van der Waals surface area (Å²) in [5.74, 6) is -0.0507. The summed E-state index contributed by atoms with van der Waals surface area (Å²) < 4.78 is 19.1. The summed E-state index contributed by atoms with van der Waals surface area (Å²) in [6.07, 6.45) is 2.63. The van der Waals surface area contributed by atoms with Gasteiger partial charge in [-0.3, -0.25) is 9.59 Å². The zero-order valence-corrected chi connectivity index (χ0v) is 13.7. The van der Waals surface area contributed by atoms with Crippen LogP contribution in [0.4, 0.5) is 10.1 Å². The molecular weight excluding hydrogens is 311 g/mol. The van der Waals surface area contributed by atoms with Gasteiger partial charge in [0.15, 0.2) is 0 Å². The Morgan fingerprint density at radius 2 is 1.96 bits per heavy atom. The number of carbonyl (C=O) groups excluding carboxylic acids is 2. The molecule has 1 saturated carbocycles. The molecule has 3 aliphatic rings. The number of carbonyl (C=O) groups is 2. The molecule has 6 heteroatoms. The minimum Gasteiger partial charge on any atom is -0.361 e. The Kier molecular flexibility index (Phi) is 3.60. The van der Waals surface area contributed by atoms with Crippen LogP contribution in [0.3, 0.4) is 0 Å². The number of hydrogen-bond acceptors (Lipinski definition) is 3. The van der Waals surface area contributed by atoms with Gasteiger partial charge in [-0.25, -0.2) is 4.39 Å². The van der Waals surface area contributed by atoms with Crippen LogP contribution in [-0.2, 0) is 14.3 Å². The molecule has 2 amide bonds. The van der Waals surface area contributed by atoms with Crippen LogP contribution >= 0.6 is 0 Å². The molecule has 0 bridgehead atoms. The zero-order chi connectivity index (χ0) is 16.9. The summed E-state index contributed by atoms with van der Waals surface area (Å²) in [7, 11) is 0. The van der Waals surface area contributed by atoms with Gasteiger partial charge >= 0.3 is 0 Å². The smallest absolute Gasteiger partial charge is 0.253 e. The van der Waals surface area contributed by atoms with E-state index < -0.39 is 5.60 Å².